The molecule has 0 saturated heterocycles. The second-order valence-electron chi connectivity index (χ2n) is 3.74. The highest BCUT2D eigenvalue weighted by molar-refractivity contribution is 5.68. The van der Waals surface area contributed by atoms with Crippen LogP contribution in [-0.4, -0.2) is 19.8 Å². The fourth-order valence-corrected chi connectivity index (χ4v) is 1.40. The minimum absolute atomic E-state index is 0.287. The maximum absolute atomic E-state index is 8.71. The third kappa shape index (κ3) is 3.44. The molecular formula is C12H17N3O. The number of nitrogens with one attached hydrogen (secondary N) is 1. The lowest BCUT2D eigenvalue weighted by atomic mass is 10.1. The van der Waals surface area contributed by atoms with Gasteiger partial charge in [-0.3, -0.25) is 0 Å². The lowest BCUT2D eigenvalue weighted by Crippen LogP contribution is -2.18. The van der Waals surface area contributed by atoms with E-state index in [1.54, 1.807) is 19.2 Å². The van der Waals surface area contributed by atoms with E-state index in [4.69, 9.17) is 15.7 Å². The van der Waals surface area contributed by atoms with Gasteiger partial charge in [-0.25, -0.2) is 0 Å². The van der Waals surface area contributed by atoms with E-state index in [1.165, 1.54) is 0 Å². The molecule has 1 aromatic rings. The Bertz CT molecular complexity index is 384. The number of methoxy groups -OCH3 is 1. The number of nitrogen functional groups attached to an aromatic ring is 1. The Morgan fingerprint density at radius 2 is 2.31 bits per heavy atom. The zero-order chi connectivity index (χ0) is 12.0. The number of hydrogen-bond acceptors (Lipinski definition) is 4. The van der Waals surface area contributed by atoms with Crippen molar-refractivity contribution in [3.63, 3.8) is 0 Å². The molecule has 0 radical (unpaired) electrons. The summed E-state index contributed by atoms with van der Waals surface area (Å²) in [5.74, 6) is 0. The topological polar surface area (TPSA) is 71.1 Å². The Kier molecular flexibility index (Phi) is 4.62. The summed E-state index contributed by atoms with van der Waals surface area (Å²) in [7, 11) is 1.68. The van der Waals surface area contributed by atoms with Crippen molar-refractivity contribution in [2.24, 2.45) is 0 Å². The van der Waals surface area contributed by atoms with Gasteiger partial charge in [-0.15, -0.1) is 0 Å². The minimum atomic E-state index is 0.287. The second-order valence-corrected chi connectivity index (χ2v) is 3.74. The first-order valence-corrected chi connectivity index (χ1v) is 5.22. The van der Waals surface area contributed by atoms with Crippen LogP contribution in [0.3, 0.4) is 0 Å². The summed E-state index contributed by atoms with van der Waals surface area (Å²) in [6, 6.07) is 7.60. The fraction of sp³-hybridized carbons (Fsp3) is 0.417. The quantitative estimate of drug-likeness (QED) is 0.743. The molecule has 0 aromatic heterocycles. The number of ether oxygens (including phenoxy) is 1. The largest absolute Gasteiger partial charge is 0.397 e. The Labute approximate surface area is 96.0 Å². The molecule has 0 aliphatic carbocycles. The highest BCUT2D eigenvalue weighted by atomic mass is 16.5. The normalized spacial score (nSPS) is 11.8. The van der Waals surface area contributed by atoms with E-state index in [0.29, 0.717) is 17.9 Å². The van der Waals surface area contributed by atoms with E-state index in [1.807, 2.05) is 6.07 Å². The summed E-state index contributed by atoms with van der Waals surface area (Å²) in [5, 5.41) is 12.0. The van der Waals surface area contributed by atoms with Crippen LogP contribution in [0.1, 0.15) is 18.9 Å². The number of rotatable bonds is 5. The Morgan fingerprint density at radius 3 is 2.88 bits per heavy atom. The maximum atomic E-state index is 8.71. The van der Waals surface area contributed by atoms with Crippen molar-refractivity contribution in [3.05, 3.63) is 23.8 Å². The molecule has 0 spiro atoms. The molecule has 0 saturated carbocycles. The van der Waals surface area contributed by atoms with Crippen LogP contribution in [0, 0.1) is 11.3 Å². The highest BCUT2D eigenvalue weighted by Gasteiger charge is 2.05. The summed E-state index contributed by atoms with van der Waals surface area (Å²) in [6.07, 6.45) is 0.913. The average Bonchev–Trinajstić information content (AvgIpc) is 2.29. The van der Waals surface area contributed by atoms with Crippen LogP contribution in [0.4, 0.5) is 11.4 Å². The number of nitrogens with zero attached hydrogens (tertiary/aromatic N) is 1. The van der Waals surface area contributed by atoms with Gasteiger partial charge in [0.25, 0.3) is 0 Å². The van der Waals surface area contributed by atoms with Gasteiger partial charge < -0.3 is 15.8 Å². The molecule has 1 aromatic carbocycles. The van der Waals surface area contributed by atoms with Gasteiger partial charge in [0.1, 0.15) is 0 Å². The van der Waals surface area contributed by atoms with Crippen molar-refractivity contribution in [1.29, 1.82) is 5.26 Å². The molecule has 0 aliphatic heterocycles. The fourth-order valence-electron chi connectivity index (χ4n) is 1.40. The van der Waals surface area contributed by atoms with Crippen LogP contribution in [0.15, 0.2) is 18.2 Å². The van der Waals surface area contributed by atoms with Crippen LogP contribution in [-0.2, 0) is 4.74 Å². The van der Waals surface area contributed by atoms with Gasteiger partial charge in [-0.1, -0.05) is 0 Å². The van der Waals surface area contributed by atoms with Gasteiger partial charge in [-0.2, -0.15) is 5.26 Å². The number of benzene rings is 1. The Hall–Kier alpha value is -1.73. The first-order chi connectivity index (χ1) is 7.67. The van der Waals surface area contributed by atoms with Gasteiger partial charge >= 0.3 is 0 Å². The molecule has 1 unspecified atom stereocenters. The molecule has 86 valence electrons. The molecule has 0 bridgehead atoms. The van der Waals surface area contributed by atoms with Crippen LogP contribution < -0.4 is 11.1 Å². The molecule has 1 rings (SSSR count). The molecule has 16 heavy (non-hydrogen) atoms. The van der Waals surface area contributed by atoms with E-state index in [9.17, 15) is 0 Å². The van der Waals surface area contributed by atoms with Crippen molar-refractivity contribution >= 4 is 11.4 Å². The monoisotopic (exact) mass is 219 g/mol. The van der Waals surface area contributed by atoms with Gasteiger partial charge in [0.15, 0.2) is 0 Å². The minimum Gasteiger partial charge on any atom is -0.397 e. The summed E-state index contributed by atoms with van der Waals surface area (Å²) in [4.78, 5) is 0. The third-order valence-electron chi connectivity index (χ3n) is 2.34. The standard InChI is InChI=1S/C12H17N3O/c1-9(5-6-16-2)15-12-4-3-10(8-13)7-11(12)14/h3-4,7,9,15H,5-6,14H2,1-2H3. The van der Waals surface area contributed by atoms with E-state index in [-0.39, 0.29) is 6.04 Å². The molecule has 3 N–H and O–H groups in total. The van der Waals surface area contributed by atoms with Crippen molar-refractivity contribution in [3.8, 4) is 6.07 Å². The number of anilines is 2. The van der Waals surface area contributed by atoms with E-state index in [2.05, 4.69) is 18.3 Å². The van der Waals surface area contributed by atoms with E-state index < -0.39 is 0 Å². The van der Waals surface area contributed by atoms with Crippen molar-refractivity contribution in [2.75, 3.05) is 24.8 Å². The van der Waals surface area contributed by atoms with Gasteiger partial charge in [0.2, 0.25) is 0 Å². The molecule has 0 heterocycles. The molecule has 0 fully saturated rings. The first-order valence-electron chi connectivity index (χ1n) is 5.22. The van der Waals surface area contributed by atoms with Crippen LogP contribution >= 0.6 is 0 Å². The zero-order valence-electron chi connectivity index (χ0n) is 9.66. The van der Waals surface area contributed by atoms with Crippen LogP contribution in [0.5, 0.6) is 0 Å². The van der Waals surface area contributed by atoms with Gasteiger partial charge in [0.05, 0.1) is 23.0 Å². The molecule has 4 nitrogen and oxygen atoms in total. The Morgan fingerprint density at radius 1 is 1.56 bits per heavy atom. The van der Waals surface area contributed by atoms with Gasteiger partial charge in [-0.05, 0) is 31.5 Å². The summed E-state index contributed by atoms with van der Waals surface area (Å²) >= 11 is 0. The number of nitrogens with two attached hydrogens (primary N) is 1. The Balaban J connectivity index is 2.64. The number of nitriles is 1. The van der Waals surface area contributed by atoms with Crippen LogP contribution in [0.2, 0.25) is 0 Å². The number of hydrogen-bond donors (Lipinski definition) is 2. The molecule has 0 amide bonds. The molecular weight excluding hydrogens is 202 g/mol. The molecule has 1 atom stereocenters. The lowest BCUT2D eigenvalue weighted by molar-refractivity contribution is 0.191. The lowest BCUT2D eigenvalue weighted by Gasteiger charge is -2.16. The van der Waals surface area contributed by atoms with Crippen molar-refractivity contribution < 1.29 is 4.74 Å². The van der Waals surface area contributed by atoms with Crippen molar-refractivity contribution in [2.45, 2.75) is 19.4 Å². The smallest absolute Gasteiger partial charge is 0.0992 e. The summed E-state index contributed by atoms with van der Waals surface area (Å²) < 4.78 is 5.00. The SMILES string of the molecule is COCCC(C)Nc1ccc(C#N)cc1N. The molecule has 0 aliphatic rings. The highest BCUT2D eigenvalue weighted by Crippen LogP contribution is 2.20. The maximum Gasteiger partial charge on any atom is 0.0992 e. The predicted octanol–water partition coefficient (Wildman–Crippen LogP) is 1.98. The third-order valence-corrected chi connectivity index (χ3v) is 2.34. The summed E-state index contributed by atoms with van der Waals surface area (Å²) in [6.45, 7) is 2.78. The van der Waals surface area contributed by atoms with E-state index in [0.717, 1.165) is 12.1 Å². The predicted molar refractivity (Wildman–Crippen MR) is 65.1 cm³/mol. The average molecular weight is 219 g/mol. The summed E-state index contributed by atoms with van der Waals surface area (Å²) in [5.41, 5.74) is 7.87. The first kappa shape index (κ1) is 12.3. The van der Waals surface area contributed by atoms with E-state index >= 15 is 0 Å². The van der Waals surface area contributed by atoms with Gasteiger partial charge in [0, 0.05) is 19.8 Å². The zero-order valence-corrected chi connectivity index (χ0v) is 9.66. The molecule has 4 heteroatoms. The van der Waals surface area contributed by atoms with Crippen molar-refractivity contribution in [1.82, 2.24) is 0 Å². The van der Waals surface area contributed by atoms with Crippen LogP contribution in [0.25, 0.3) is 0 Å². The second kappa shape index (κ2) is 5.99.